The minimum absolute atomic E-state index is 0.483. The van der Waals surface area contributed by atoms with Crippen LogP contribution in [-0.2, 0) is 13.3 Å². The number of hydrogen-bond donors (Lipinski definition) is 0. The first-order valence-corrected chi connectivity index (χ1v) is 5.41. The van der Waals surface area contributed by atoms with E-state index in [0.29, 0.717) is 16.8 Å². The third-order valence-corrected chi connectivity index (χ3v) is 2.66. The number of halogens is 2. The van der Waals surface area contributed by atoms with E-state index in [1.165, 1.54) is 0 Å². The van der Waals surface area contributed by atoms with E-state index in [4.69, 9.17) is 0 Å². The number of pyridine rings is 1. The second-order valence-corrected chi connectivity index (χ2v) is 3.98. The number of aryl methyl sites for hydroxylation is 1. The summed E-state index contributed by atoms with van der Waals surface area (Å²) in [6, 6.07) is 8.71. The van der Waals surface area contributed by atoms with Gasteiger partial charge in [-0.1, -0.05) is 18.2 Å². The van der Waals surface area contributed by atoms with Crippen molar-refractivity contribution in [2.75, 3.05) is 0 Å². The molecule has 0 aliphatic carbocycles. The molecule has 0 bridgehead atoms. The molecule has 0 saturated heterocycles. The van der Waals surface area contributed by atoms with Gasteiger partial charge in [-0.3, -0.25) is 4.98 Å². The highest BCUT2D eigenvalue weighted by Gasteiger charge is 2.07. The van der Waals surface area contributed by atoms with Crippen LogP contribution >= 0.6 is 0 Å². The minimum Gasteiger partial charge on any atom is -0.256 e. The second-order valence-electron chi connectivity index (χ2n) is 3.98. The molecule has 1 aromatic carbocycles. The molecule has 0 saturated carbocycles. The molecular formula is C14H13F2N. The molecule has 0 unspecified atom stereocenters. The average molecular weight is 233 g/mol. The van der Waals surface area contributed by atoms with Crippen LogP contribution in [0.25, 0.3) is 11.3 Å². The third kappa shape index (κ3) is 2.49. The first kappa shape index (κ1) is 11.7. The largest absolute Gasteiger partial charge is 0.256 e. The second kappa shape index (κ2) is 5.04. The first-order chi connectivity index (χ1) is 8.24. The lowest BCUT2D eigenvalue weighted by atomic mass is 10.0. The molecule has 0 spiro atoms. The van der Waals surface area contributed by atoms with E-state index in [9.17, 15) is 8.78 Å². The Morgan fingerprint density at radius 3 is 2.47 bits per heavy atom. The molecule has 0 aliphatic rings. The predicted octanol–water partition coefficient (Wildman–Crippen LogP) is 4.00. The van der Waals surface area contributed by atoms with Crippen molar-refractivity contribution in [3.63, 3.8) is 0 Å². The van der Waals surface area contributed by atoms with Gasteiger partial charge < -0.3 is 0 Å². The van der Waals surface area contributed by atoms with Crippen molar-refractivity contribution in [2.24, 2.45) is 0 Å². The highest BCUT2D eigenvalue weighted by Crippen LogP contribution is 2.24. The van der Waals surface area contributed by atoms with Crippen molar-refractivity contribution in [3.05, 3.63) is 53.2 Å². The fraction of sp³-hybridized carbons (Fsp3) is 0.214. The topological polar surface area (TPSA) is 12.9 Å². The van der Waals surface area contributed by atoms with Crippen molar-refractivity contribution < 1.29 is 8.78 Å². The van der Waals surface area contributed by atoms with Gasteiger partial charge >= 0.3 is 0 Å². The van der Waals surface area contributed by atoms with E-state index in [-0.39, 0.29) is 0 Å². The van der Waals surface area contributed by atoms with Gasteiger partial charge in [0.05, 0.1) is 5.69 Å². The van der Waals surface area contributed by atoms with Gasteiger partial charge in [-0.25, -0.2) is 8.78 Å². The maximum absolute atomic E-state index is 12.9. The lowest BCUT2D eigenvalue weighted by Crippen LogP contribution is -1.92. The molecule has 0 atom stereocenters. The normalized spacial score (nSPS) is 10.5. The number of benzene rings is 1. The quantitative estimate of drug-likeness (QED) is 0.781. The molecule has 17 heavy (non-hydrogen) atoms. The molecule has 88 valence electrons. The summed E-state index contributed by atoms with van der Waals surface area (Å²) in [4.78, 5) is 4.25. The Balaban J connectivity index is 2.47. The summed E-state index contributed by atoms with van der Waals surface area (Å²) in [5.41, 5.74) is 3.47. The summed E-state index contributed by atoms with van der Waals surface area (Å²) in [5.74, 6) is 0. The number of hydrogen-bond acceptors (Lipinski definition) is 1. The fourth-order valence-corrected chi connectivity index (χ4v) is 1.72. The Kier molecular flexibility index (Phi) is 3.47. The van der Waals surface area contributed by atoms with Gasteiger partial charge in [0.25, 0.3) is 0 Å². The van der Waals surface area contributed by atoms with Crippen molar-refractivity contribution in [1.82, 2.24) is 4.98 Å². The van der Waals surface area contributed by atoms with Crippen molar-refractivity contribution in [1.29, 1.82) is 0 Å². The smallest absolute Gasteiger partial charge is 0.115 e. The predicted molar refractivity (Wildman–Crippen MR) is 64.0 cm³/mol. The number of rotatable bonds is 3. The minimum atomic E-state index is -0.612. The highest BCUT2D eigenvalue weighted by molar-refractivity contribution is 5.64. The molecule has 1 aromatic heterocycles. The SMILES string of the molecule is Cc1ccc(-c2ccc(CF)cc2CF)nc1. The standard InChI is InChI=1S/C14H13F2N/c1-10-2-5-14(17-9-10)13-4-3-11(7-15)6-12(13)8-16/h2-6,9H,7-8H2,1H3. The first-order valence-electron chi connectivity index (χ1n) is 5.41. The Bertz CT molecular complexity index is 506. The van der Waals surface area contributed by atoms with Crippen LogP contribution in [0.3, 0.4) is 0 Å². The Morgan fingerprint density at radius 1 is 1.06 bits per heavy atom. The molecular weight excluding hydrogens is 220 g/mol. The van der Waals surface area contributed by atoms with Crippen LogP contribution in [0.15, 0.2) is 36.5 Å². The summed E-state index contributed by atoms with van der Waals surface area (Å²) in [6.07, 6.45) is 1.74. The monoisotopic (exact) mass is 233 g/mol. The van der Waals surface area contributed by atoms with E-state index in [2.05, 4.69) is 4.98 Å². The summed E-state index contributed by atoms with van der Waals surface area (Å²) in [6.45, 7) is 0.756. The molecule has 2 aromatic rings. The van der Waals surface area contributed by atoms with E-state index in [1.807, 2.05) is 19.1 Å². The van der Waals surface area contributed by atoms with E-state index < -0.39 is 13.3 Å². The highest BCUT2D eigenvalue weighted by atomic mass is 19.1. The molecule has 0 N–H and O–H groups in total. The van der Waals surface area contributed by atoms with Crippen LogP contribution in [0.5, 0.6) is 0 Å². The van der Waals surface area contributed by atoms with Crippen LogP contribution in [0.2, 0.25) is 0 Å². The van der Waals surface area contributed by atoms with Crippen LogP contribution in [0.4, 0.5) is 8.78 Å². The van der Waals surface area contributed by atoms with Gasteiger partial charge in [-0.15, -0.1) is 0 Å². The number of alkyl halides is 2. The lowest BCUT2D eigenvalue weighted by molar-refractivity contribution is 0.475. The maximum Gasteiger partial charge on any atom is 0.115 e. The average Bonchev–Trinajstić information content (AvgIpc) is 2.39. The van der Waals surface area contributed by atoms with Crippen molar-refractivity contribution >= 4 is 0 Å². The molecule has 1 nitrogen and oxygen atoms in total. The maximum atomic E-state index is 12.9. The zero-order chi connectivity index (χ0) is 12.3. The van der Waals surface area contributed by atoms with Gasteiger partial charge in [0.1, 0.15) is 13.3 Å². The summed E-state index contributed by atoms with van der Waals surface area (Å²) < 4.78 is 25.4. The van der Waals surface area contributed by atoms with Crippen LogP contribution in [0.1, 0.15) is 16.7 Å². The number of nitrogens with zero attached hydrogens (tertiary/aromatic N) is 1. The van der Waals surface area contributed by atoms with Gasteiger partial charge in [0, 0.05) is 11.8 Å². The third-order valence-electron chi connectivity index (χ3n) is 2.66. The summed E-state index contributed by atoms with van der Waals surface area (Å²) in [5, 5.41) is 0. The van der Waals surface area contributed by atoms with Crippen LogP contribution in [-0.4, -0.2) is 4.98 Å². The van der Waals surface area contributed by atoms with Crippen molar-refractivity contribution in [2.45, 2.75) is 20.3 Å². The molecule has 2 rings (SSSR count). The van der Waals surface area contributed by atoms with Gasteiger partial charge in [-0.2, -0.15) is 0 Å². The molecule has 0 radical (unpaired) electrons. The molecule has 0 amide bonds. The zero-order valence-electron chi connectivity index (χ0n) is 9.58. The summed E-state index contributed by atoms with van der Waals surface area (Å²) in [7, 11) is 0. The molecule has 0 fully saturated rings. The van der Waals surface area contributed by atoms with Crippen LogP contribution in [0, 0.1) is 6.92 Å². The van der Waals surface area contributed by atoms with E-state index in [1.54, 1.807) is 24.4 Å². The molecule has 3 heteroatoms. The lowest BCUT2D eigenvalue weighted by Gasteiger charge is -2.07. The Hall–Kier alpha value is -1.77. The van der Waals surface area contributed by atoms with E-state index >= 15 is 0 Å². The number of aromatic nitrogens is 1. The van der Waals surface area contributed by atoms with E-state index in [0.717, 1.165) is 11.1 Å². The Labute approximate surface area is 99.1 Å². The van der Waals surface area contributed by atoms with Gasteiger partial charge in [-0.05, 0) is 35.7 Å². The zero-order valence-corrected chi connectivity index (χ0v) is 9.58. The molecule has 1 heterocycles. The van der Waals surface area contributed by atoms with Crippen molar-refractivity contribution in [3.8, 4) is 11.3 Å². The van der Waals surface area contributed by atoms with Gasteiger partial charge in [0.15, 0.2) is 0 Å². The van der Waals surface area contributed by atoms with Crippen LogP contribution < -0.4 is 0 Å². The van der Waals surface area contributed by atoms with Gasteiger partial charge in [0.2, 0.25) is 0 Å². The molecule has 0 aliphatic heterocycles. The fourth-order valence-electron chi connectivity index (χ4n) is 1.72. The Morgan fingerprint density at radius 2 is 1.88 bits per heavy atom. The summed E-state index contributed by atoms with van der Waals surface area (Å²) >= 11 is 0.